The first kappa shape index (κ1) is 14.1. The van der Waals surface area contributed by atoms with Crippen molar-refractivity contribution in [1.29, 1.82) is 0 Å². The molecule has 2 rings (SSSR count). The van der Waals surface area contributed by atoms with Crippen molar-refractivity contribution >= 4 is 11.6 Å². The minimum atomic E-state index is -0.0155. The van der Waals surface area contributed by atoms with E-state index in [0.717, 1.165) is 11.1 Å². The molecular formula is C17H20N2O. The maximum Gasteiger partial charge on any atom is 0.253 e. The second-order valence-corrected chi connectivity index (χ2v) is 5.22. The Morgan fingerprint density at radius 3 is 2.55 bits per heavy atom. The zero-order valence-corrected chi connectivity index (χ0v) is 12.2. The van der Waals surface area contributed by atoms with E-state index in [4.69, 9.17) is 5.73 Å². The largest absolute Gasteiger partial charge is 0.398 e. The van der Waals surface area contributed by atoms with E-state index in [1.165, 1.54) is 5.56 Å². The van der Waals surface area contributed by atoms with E-state index >= 15 is 0 Å². The molecule has 3 nitrogen and oxygen atoms in total. The number of hydrogen-bond donors (Lipinski definition) is 1. The molecular weight excluding hydrogens is 248 g/mol. The third-order valence-electron chi connectivity index (χ3n) is 3.38. The van der Waals surface area contributed by atoms with E-state index in [9.17, 15) is 4.79 Å². The molecule has 104 valence electrons. The zero-order valence-electron chi connectivity index (χ0n) is 12.2. The molecule has 0 heterocycles. The van der Waals surface area contributed by atoms with Gasteiger partial charge in [0.25, 0.3) is 5.91 Å². The quantitative estimate of drug-likeness (QED) is 0.869. The van der Waals surface area contributed by atoms with E-state index in [-0.39, 0.29) is 5.91 Å². The van der Waals surface area contributed by atoms with Crippen LogP contribution >= 0.6 is 0 Å². The molecule has 0 aliphatic carbocycles. The molecule has 1 amide bonds. The van der Waals surface area contributed by atoms with Crippen LogP contribution in [0.3, 0.4) is 0 Å². The molecule has 2 aromatic carbocycles. The fourth-order valence-electron chi connectivity index (χ4n) is 2.15. The molecule has 0 aromatic heterocycles. The van der Waals surface area contributed by atoms with Crippen molar-refractivity contribution in [3.05, 3.63) is 64.7 Å². The number of nitrogen functional groups attached to an aromatic ring is 1. The molecule has 0 aliphatic heterocycles. The van der Waals surface area contributed by atoms with Gasteiger partial charge >= 0.3 is 0 Å². The number of benzene rings is 2. The number of nitrogens with zero attached hydrogens (tertiary/aromatic N) is 1. The summed E-state index contributed by atoms with van der Waals surface area (Å²) >= 11 is 0. The summed E-state index contributed by atoms with van der Waals surface area (Å²) in [5, 5.41) is 0. The summed E-state index contributed by atoms with van der Waals surface area (Å²) in [6.45, 7) is 4.57. The van der Waals surface area contributed by atoms with Crippen LogP contribution in [0.1, 0.15) is 27.0 Å². The van der Waals surface area contributed by atoms with Crippen molar-refractivity contribution in [2.75, 3.05) is 12.8 Å². The summed E-state index contributed by atoms with van der Waals surface area (Å²) in [6.07, 6.45) is 0. The SMILES string of the molecule is Cc1cccc(CN(C)C(=O)c2ccc(C)c(N)c2)c1. The van der Waals surface area contributed by atoms with Gasteiger partial charge in [-0.05, 0) is 37.1 Å². The second-order valence-electron chi connectivity index (χ2n) is 5.22. The van der Waals surface area contributed by atoms with Crippen molar-refractivity contribution in [2.24, 2.45) is 0 Å². The van der Waals surface area contributed by atoms with Gasteiger partial charge in [-0.3, -0.25) is 4.79 Å². The van der Waals surface area contributed by atoms with Crippen LogP contribution < -0.4 is 5.73 Å². The van der Waals surface area contributed by atoms with Gasteiger partial charge in [0.15, 0.2) is 0 Å². The van der Waals surface area contributed by atoms with Crippen LogP contribution in [0.4, 0.5) is 5.69 Å². The topological polar surface area (TPSA) is 46.3 Å². The second kappa shape index (κ2) is 5.78. The van der Waals surface area contributed by atoms with Crippen LogP contribution in [0.15, 0.2) is 42.5 Å². The molecule has 0 saturated heterocycles. The minimum Gasteiger partial charge on any atom is -0.398 e. The summed E-state index contributed by atoms with van der Waals surface area (Å²) in [4.78, 5) is 14.1. The maximum atomic E-state index is 12.4. The first-order valence-corrected chi connectivity index (χ1v) is 6.64. The van der Waals surface area contributed by atoms with Gasteiger partial charge in [0.1, 0.15) is 0 Å². The summed E-state index contributed by atoms with van der Waals surface area (Å²) in [6, 6.07) is 13.6. The highest BCUT2D eigenvalue weighted by molar-refractivity contribution is 5.95. The monoisotopic (exact) mass is 268 g/mol. The number of aryl methyl sites for hydroxylation is 2. The molecule has 3 heteroatoms. The zero-order chi connectivity index (χ0) is 14.7. The fraction of sp³-hybridized carbons (Fsp3) is 0.235. The molecule has 0 bridgehead atoms. The van der Waals surface area contributed by atoms with Gasteiger partial charge in [-0.2, -0.15) is 0 Å². The Morgan fingerprint density at radius 1 is 1.15 bits per heavy atom. The molecule has 20 heavy (non-hydrogen) atoms. The maximum absolute atomic E-state index is 12.4. The number of nitrogens with two attached hydrogens (primary N) is 1. The Hall–Kier alpha value is -2.29. The average molecular weight is 268 g/mol. The van der Waals surface area contributed by atoms with E-state index in [2.05, 4.69) is 6.07 Å². The first-order valence-electron chi connectivity index (χ1n) is 6.64. The van der Waals surface area contributed by atoms with Gasteiger partial charge in [-0.25, -0.2) is 0 Å². The Balaban J connectivity index is 2.14. The van der Waals surface area contributed by atoms with Crippen molar-refractivity contribution < 1.29 is 4.79 Å². The lowest BCUT2D eigenvalue weighted by Crippen LogP contribution is -2.26. The molecule has 2 N–H and O–H groups in total. The normalized spacial score (nSPS) is 10.3. The number of rotatable bonds is 3. The third kappa shape index (κ3) is 3.18. The highest BCUT2D eigenvalue weighted by Gasteiger charge is 2.12. The summed E-state index contributed by atoms with van der Waals surface area (Å²) in [7, 11) is 1.81. The lowest BCUT2D eigenvalue weighted by Gasteiger charge is -2.18. The summed E-state index contributed by atoms with van der Waals surface area (Å²) in [5.74, 6) is -0.0155. The molecule has 2 aromatic rings. The molecule has 0 saturated carbocycles. The van der Waals surface area contributed by atoms with Crippen LogP contribution in [-0.2, 0) is 6.54 Å². The van der Waals surface area contributed by atoms with Gasteiger partial charge < -0.3 is 10.6 Å². The van der Waals surface area contributed by atoms with Crippen molar-refractivity contribution in [1.82, 2.24) is 4.90 Å². The molecule has 0 atom stereocenters. The summed E-state index contributed by atoms with van der Waals surface area (Å²) in [5.41, 5.74) is 10.5. The van der Waals surface area contributed by atoms with Gasteiger partial charge in [0, 0.05) is 24.8 Å². The number of carbonyl (C=O) groups is 1. The van der Waals surface area contributed by atoms with Crippen LogP contribution in [0, 0.1) is 13.8 Å². The van der Waals surface area contributed by atoms with Crippen molar-refractivity contribution in [3.63, 3.8) is 0 Å². The standard InChI is InChI=1S/C17H20N2O/c1-12-5-4-6-14(9-12)11-19(3)17(20)15-8-7-13(2)16(18)10-15/h4-10H,11,18H2,1-3H3. The predicted molar refractivity (Wildman–Crippen MR) is 82.6 cm³/mol. The van der Waals surface area contributed by atoms with Crippen molar-refractivity contribution in [3.8, 4) is 0 Å². The molecule has 0 radical (unpaired) electrons. The molecule has 0 fully saturated rings. The lowest BCUT2D eigenvalue weighted by molar-refractivity contribution is 0.0785. The average Bonchev–Trinajstić information content (AvgIpc) is 2.41. The third-order valence-corrected chi connectivity index (χ3v) is 3.38. The van der Waals surface area contributed by atoms with Gasteiger partial charge in [-0.1, -0.05) is 35.9 Å². The van der Waals surface area contributed by atoms with Crippen molar-refractivity contribution in [2.45, 2.75) is 20.4 Å². The Bertz CT molecular complexity index is 635. The van der Waals surface area contributed by atoms with Gasteiger partial charge in [0.2, 0.25) is 0 Å². The Morgan fingerprint density at radius 2 is 1.90 bits per heavy atom. The molecule has 0 unspecified atom stereocenters. The smallest absolute Gasteiger partial charge is 0.253 e. The minimum absolute atomic E-state index is 0.0155. The number of carbonyl (C=O) groups excluding carboxylic acids is 1. The van der Waals surface area contributed by atoms with Crippen LogP contribution in [0.25, 0.3) is 0 Å². The van der Waals surface area contributed by atoms with E-state index < -0.39 is 0 Å². The fourth-order valence-corrected chi connectivity index (χ4v) is 2.15. The highest BCUT2D eigenvalue weighted by atomic mass is 16.2. The first-order chi connectivity index (χ1) is 9.47. The van der Waals surface area contributed by atoms with Gasteiger partial charge in [0.05, 0.1) is 0 Å². The molecule has 0 aliphatic rings. The van der Waals surface area contributed by atoms with Gasteiger partial charge in [-0.15, -0.1) is 0 Å². The predicted octanol–water partition coefficient (Wildman–Crippen LogP) is 3.16. The molecule has 0 spiro atoms. The van der Waals surface area contributed by atoms with E-state index in [0.29, 0.717) is 17.8 Å². The van der Waals surface area contributed by atoms with Crippen LogP contribution in [0.5, 0.6) is 0 Å². The van der Waals surface area contributed by atoms with Crippen LogP contribution in [-0.4, -0.2) is 17.9 Å². The van der Waals surface area contributed by atoms with Crippen LogP contribution in [0.2, 0.25) is 0 Å². The van der Waals surface area contributed by atoms with E-state index in [1.807, 2.05) is 44.2 Å². The number of amides is 1. The summed E-state index contributed by atoms with van der Waals surface area (Å²) < 4.78 is 0. The highest BCUT2D eigenvalue weighted by Crippen LogP contribution is 2.15. The number of hydrogen-bond acceptors (Lipinski definition) is 2. The van der Waals surface area contributed by atoms with E-state index in [1.54, 1.807) is 18.0 Å². The Labute approximate surface area is 120 Å². The lowest BCUT2D eigenvalue weighted by atomic mass is 10.1. The Kier molecular flexibility index (Phi) is 4.08. The number of anilines is 1.